The molecule has 3 saturated carbocycles. The Balaban J connectivity index is 1.28. The Labute approximate surface area is 198 Å². The molecule has 1 aromatic carbocycles. The molecule has 6 rings (SSSR count). The van der Waals surface area contributed by atoms with Crippen molar-refractivity contribution in [2.45, 2.75) is 64.6 Å². The number of nitrogens with zero attached hydrogens (tertiary/aromatic N) is 2. The van der Waals surface area contributed by atoms with Crippen LogP contribution >= 0.6 is 11.3 Å². The fourth-order valence-corrected chi connectivity index (χ4v) is 6.42. The average Bonchev–Trinajstić information content (AvgIpc) is 3.18. The lowest BCUT2D eigenvalue weighted by Crippen LogP contribution is -2.61. The molecule has 1 saturated heterocycles. The van der Waals surface area contributed by atoms with Crippen molar-refractivity contribution >= 4 is 28.1 Å². The predicted octanol–water partition coefficient (Wildman–Crippen LogP) is 5.20. The number of aryl methyl sites for hydroxylation is 2. The van der Waals surface area contributed by atoms with Gasteiger partial charge in [-0.05, 0) is 69.4 Å². The molecule has 6 nitrogen and oxygen atoms in total. The van der Waals surface area contributed by atoms with Crippen LogP contribution in [0.4, 0.5) is 15.2 Å². The van der Waals surface area contributed by atoms with Gasteiger partial charge in [0.2, 0.25) is 0 Å². The van der Waals surface area contributed by atoms with E-state index in [0.717, 1.165) is 47.8 Å². The van der Waals surface area contributed by atoms with Gasteiger partial charge in [0.25, 0.3) is 5.91 Å². The first-order chi connectivity index (χ1) is 15.8. The van der Waals surface area contributed by atoms with E-state index in [1.54, 1.807) is 13.2 Å². The molecule has 3 aliphatic carbocycles. The summed E-state index contributed by atoms with van der Waals surface area (Å²) in [6, 6.07) is 3.13. The molecule has 4 fully saturated rings. The Hall–Kier alpha value is -2.19. The van der Waals surface area contributed by atoms with Gasteiger partial charge in [-0.1, -0.05) is 6.92 Å². The third-order valence-electron chi connectivity index (χ3n) is 7.33. The zero-order valence-electron chi connectivity index (χ0n) is 19.7. The number of halogens is 1. The zero-order valence-corrected chi connectivity index (χ0v) is 20.6. The van der Waals surface area contributed by atoms with Gasteiger partial charge in [-0.3, -0.25) is 4.79 Å². The van der Waals surface area contributed by atoms with E-state index in [4.69, 9.17) is 9.47 Å². The fraction of sp³-hybridized carbons (Fsp3) is 0.600. The number of methoxy groups -OCH3 is 1. The molecule has 2 aromatic rings. The van der Waals surface area contributed by atoms with E-state index in [0.29, 0.717) is 29.1 Å². The third-order valence-corrected chi connectivity index (χ3v) is 8.59. The van der Waals surface area contributed by atoms with Crippen molar-refractivity contribution in [1.29, 1.82) is 0 Å². The lowest BCUT2D eigenvalue weighted by molar-refractivity contribution is -0.0167. The minimum absolute atomic E-state index is 0.0955. The van der Waals surface area contributed by atoms with Crippen LogP contribution < -0.4 is 15.0 Å². The van der Waals surface area contributed by atoms with Crippen molar-refractivity contribution in [3.63, 3.8) is 0 Å². The van der Waals surface area contributed by atoms with Crippen molar-refractivity contribution in [2.24, 2.45) is 11.8 Å². The number of carbonyl (C=O) groups is 1. The Kier molecular flexibility index (Phi) is 5.85. The largest absolute Gasteiger partial charge is 0.487 e. The molecular weight excluding hydrogens is 441 g/mol. The van der Waals surface area contributed by atoms with E-state index in [9.17, 15) is 9.18 Å². The van der Waals surface area contributed by atoms with E-state index in [1.165, 1.54) is 30.2 Å². The highest BCUT2D eigenvalue weighted by molar-refractivity contribution is 7.16. The summed E-state index contributed by atoms with van der Waals surface area (Å²) in [5.74, 6) is 1.04. The summed E-state index contributed by atoms with van der Waals surface area (Å²) in [5.41, 5.74) is 1.35. The molecular formula is C25H32FN3O3S. The number of anilines is 2. The Morgan fingerprint density at radius 3 is 2.58 bits per heavy atom. The van der Waals surface area contributed by atoms with Crippen LogP contribution in [0.2, 0.25) is 0 Å². The number of benzene rings is 1. The molecule has 8 heteroatoms. The molecule has 2 heterocycles. The molecule has 1 aromatic heterocycles. The lowest BCUT2D eigenvalue weighted by Gasteiger charge is -2.46. The number of rotatable bonds is 7. The number of ether oxygens (including phenoxy) is 2. The smallest absolute Gasteiger partial charge is 0.275 e. The quantitative estimate of drug-likeness (QED) is 0.599. The van der Waals surface area contributed by atoms with Gasteiger partial charge in [0.1, 0.15) is 5.69 Å². The molecule has 2 bridgehead atoms. The molecule has 178 valence electrons. The molecule has 0 radical (unpaired) electrons. The predicted molar refractivity (Wildman–Crippen MR) is 128 cm³/mol. The fourth-order valence-electron chi connectivity index (χ4n) is 5.42. The topological polar surface area (TPSA) is 63.7 Å². The number of amides is 1. The van der Waals surface area contributed by atoms with Gasteiger partial charge >= 0.3 is 0 Å². The summed E-state index contributed by atoms with van der Waals surface area (Å²) in [4.78, 5) is 20.7. The second kappa shape index (κ2) is 8.55. The first-order valence-corrected chi connectivity index (χ1v) is 12.7. The second-order valence-corrected chi connectivity index (χ2v) is 11.2. The number of fused-ring (bicyclic) bond motifs is 2. The second-order valence-electron chi connectivity index (χ2n) is 10.1. The summed E-state index contributed by atoms with van der Waals surface area (Å²) in [6.45, 7) is 7.39. The van der Waals surface area contributed by atoms with Crippen LogP contribution in [0.1, 0.15) is 60.5 Å². The van der Waals surface area contributed by atoms with Crippen LogP contribution in [0, 0.1) is 24.6 Å². The Morgan fingerprint density at radius 1 is 1.27 bits per heavy atom. The molecule has 0 spiro atoms. The molecule has 1 amide bonds. The normalized spacial score (nSPS) is 25.2. The highest BCUT2D eigenvalue weighted by atomic mass is 32.1. The Morgan fingerprint density at radius 2 is 1.97 bits per heavy atom. The lowest BCUT2D eigenvalue weighted by atomic mass is 9.64. The standard InChI is InChI=1S/C25H32FN3O3S/c1-5-20-21(28-24(33-20)29-12-25(3,13-29)31-4)23(30)27-17-6-14(2)22(19(26)11-17)32-18-9-15-7-16(8-15)10-18/h6,11,15-16,18H,5,7-10,12-13H2,1-4H3,(H,27,30). The number of nitrogens with one attached hydrogen (secondary N) is 1. The first kappa shape index (κ1) is 22.6. The number of thiazole rings is 1. The van der Waals surface area contributed by atoms with E-state index < -0.39 is 5.82 Å². The summed E-state index contributed by atoms with van der Waals surface area (Å²) >= 11 is 1.53. The van der Waals surface area contributed by atoms with Crippen molar-refractivity contribution < 1.29 is 18.7 Å². The maximum atomic E-state index is 14.9. The summed E-state index contributed by atoms with van der Waals surface area (Å²) in [6.07, 6.45) is 5.43. The molecule has 4 aliphatic rings. The van der Waals surface area contributed by atoms with Crippen molar-refractivity contribution in [1.82, 2.24) is 4.98 Å². The Bertz CT molecular complexity index is 1030. The average molecular weight is 474 g/mol. The van der Waals surface area contributed by atoms with Crippen molar-refractivity contribution in [2.75, 3.05) is 30.4 Å². The van der Waals surface area contributed by atoms with Crippen molar-refractivity contribution in [3.8, 4) is 5.75 Å². The summed E-state index contributed by atoms with van der Waals surface area (Å²) in [7, 11) is 1.71. The molecule has 0 atom stereocenters. The van der Waals surface area contributed by atoms with E-state index in [2.05, 4.69) is 22.1 Å². The SMILES string of the molecule is CCc1sc(N2CC(C)(OC)C2)nc1C(=O)Nc1cc(C)c(OC2CC3CC(C3)C2)c(F)c1. The monoisotopic (exact) mass is 473 g/mol. The zero-order chi connectivity index (χ0) is 23.3. The maximum Gasteiger partial charge on any atom is 0.275 e. The van der Waals surface area contributed by atoms with Crippen LogP contribution in [0.25, 0.3) is 0 Å². The van der Waals surface area contributed by atoms with Gasteiger partial charge in [0.05, 0.1) is 24.8 Å². The highest BCUT2D eigenvalue weighted by Crippen LogP contribution is 2.47. The van der Waals surface area contributed by atoms with Crippen LogP contribution in [0.3, 0.4) is 0 Å². The highest BCUT2D eigenvalue weighted by Gasteiger charge is 2.41. The maximum absolute atomic E-state index is 14.9. The minimum atomic E-state index is -0.432. The van der Waals surface area contributed by atoms with Crippen LogP contribution in [-0.4, -0.2) is 42.8 Å². The number of hydrogen-bond donors (Lipinski definition) is 1. The van der Waals surface area contributed by atoms with Crippen LogP contribution in [-0.2, 0) is 11.2 Å². The van der Waals surface area contributed by atoms with Gasteiger partial charge < -0.3 is 19.7 Å². The van der Waals surface area contributed by atoms with Gasteiger partial charge in [0, 0.05) is 23.7 Å². The van der Waals surface area contributed by atoms with Gasteiger partial charge in [-0.15, -0.1) is 11.3 Å². The van der Waals surface area contributed by atoms with E-state index in [1.807, 2.05) is 13.8 Å². The number of carbonyl (C=O) groups excluding carboxylic acids is 1. The molecule has 0 unspecified atom stereocenters. The minimum Gasteiger partial charge on any atom is -0.487 e. The number of hydrogen-bond acceptors (Lipinski definition) is 6. The summed E-state index contributed by atoms with van der Waals surface area (Å²) < 4.78 is 26.5. The van der Waals surface area contributed by atoms with Gasteiger partial charge in [-0.25, -0.2) is 9.37 Å². The number of aromatic nitrogens is 1. The van der Waals surface area contributed by atoms with Crippen LogP contribution in [0.5, 0.6) is 5.75 Å². The first-order valence-electron chi connectivity index (χ1n) is 11.8. The third kappa shape index (κ3) is 4.35. The molecule has 1 N–H and O–H groups in total. The van der Waals surface area contributed by atoms with Crippen molar-refractivity contribution in [3.05, 3.63) is 34.1 Å². The van der Waals surface area contributed by atoms with Gasteiger partial charge in [0.15, 0.2) is 16.7 Å². The molecule has 33 heavy (non-hydrogen) atoms. The van der Waals surface area contributed by atoms with E-state index >= 15 is 0 Å². The molecule has 1 aliphatic heterocycles. The van der Waals surface area contributed by atoms with Crippen LogP contribution in [0.15, 0.2) is 12.1 Å². The summed E-state index contributed by atoms with van der Waals surface area (Å²) in [5, 5.41) is 3.66. The van der Waals surface area contributed by atoms with E-state index in [-0.39, 0.29) is 17.6 Å². The van der Waals surface area contributed by atoms with Gasteiger partial charge in [-0.2, -0.15) is 0 Å².